The van der Waals surface area contributed by atoms with Crippen LogP contribution in [-0.2, 0) is 19.6 Å². The molecule has 0 aromatic heterocycles. The molecule has 4 rings (SSSR count). The van der Waals surface area contributed by atoms with Crippen LogP contribution in [0.3, 0.4) is 0 Å². The lowest BCUT2D eigenvalue weighted by Crippen LogP contribution is -2.40. The van der Waals surface area contributed by atoms with Crippen LogP contribution < -0.4 is 19.8 Å². The number of rotatable bonds is 11. The number of aryl methyl sites for hydroxylation is 3. The van der Waals surface area contributed by atoms with E-state index in [4.69, 9.17) is 4.74 Å². The molecule has 0 aliphatic heterocycles. The minimum Gasteiger partial charge on any atom is -0.484 e. The van der Waals surface area contributed by atoms with Crippen LogP contribution in [0.4, 0.5) is 15.8 Å². The molecule has 0 atom stereocenters. The first-order valence-corrected chi connectivity index (χ1v) is 14.7. The van der Waals surface area contributed by atoms with E-state index < -0.39 is 34.2 Å². The van der Waals surface area contributed by atoms with Gasteiger partial charge in [0.2, 0.25) is 0 Å². The summed E-state index contributed by atoms with van der Waals surface area (Å²) in [5, 5.41) is 6.58. The Morgan fingerprint density at radius 3 is 2.16 bits per heavy atom. The van der Waals surface area contributed by atoms with E-state index in [0.717, 1.165) is 15.4 Å². The summed E-state index contributed by atoms with van der Waals surface area (Å²) < 4.78 is 46.8. The Bertz CT molecular complexity index is 1720. The van der Waals surface area contributed by atoms with E-state index in [2.05, 4.69) is 15.8 Å². The predicted octanol–water partition coefficient (Wildman–Crippen LogP) is 5.11. The highest BCUT2D eigenvalue weighted by Gasteiger charge is 2.28. The Morgan fingerprint density at radius 2 is 1.51 bits per heavy atom. The van der Waals surface area contributed by atoms with E-state index in [0.29, 0.717) is 28.3 Å². The van der Waals surface area contributed by atoms with Crippen molar-refractivity contribution < 1.29 is 27.1 Å². The lowest BCUT2D eigenvalue weighted by molar-refractivity contribution is -0.119. The summed E-state index contributed by atoms with van der Waals surface area (Å²) in [5.41, 5.74) is 6.46. The highest BCUT2D eigenvalue weighted by atomic mass is 32.2. The van der Waals surface area contributed by atoms with Gasteiger partial charge in [0.05, 0.1) is 16.8 Å². The molecule has 0 fully saturated rings. The summed E-state index contributed by atoms with van der Waals surface area (Å²) >= 11 is 0. The van der Waals surface area contributed by atoms with Gasteiger partial charge in [0.15, 0.2) is 6.61 Å². The highest BCUT2D eigenvalue weighted by Crippen LogP contribution is 2.27. The second-order valence-corrected chi connectivity index (χ2v) is 11.7. The molecule has 0 radical (unpaired) electrons. The molecule has 4 aromatic rings. The van der Waals surface area contributed by atoms with Crippen molar-refractivity contribution in [2.45, 2.75) is 25.7 Å². The van der Waals surface area contributed by atoms with Crippen molar-refractivity contribution in [1.29, 1.82) is 0 Å². The lowest BCUT2D eigenvalue weighted by atomic mass is 10.1. The molecule has 2 amide bonds. The summed E-state index contributed by atoms with van der Waals surface area (Å²) in [4.78, 5) is 25.0. The molecule has 11 heteroatoms. The number of anilines is 2. The monoisotopic (exact) mass is 602 g/mol. The van der Waals surface area contributed by atoms with Gasteiger partial charge in [-0.3, -0.25) is 13.9 Å². The molecule has 0 aliphatic rings. The number of hydrazone groups is 1. The maximum atomic E-state index is 13.6. The number of benzene rings is 4. The van der Waals surface area contributed by atoms with E-state index in [-0.39, 0.29) is 11.5 Å². The zero-order valence-electron chi connectivity index (χ0n) is 23.9. The molecule has 43 heavy (non-hydrogen) atoms. The summed E-state index contributed by atoms with van der Waals surface area (Å²) in [6.45, 7) is 4.83. The van der Waals surface area contributed by atoms with Crippen molar-refractivity contribution in [2.75, 3.05) is 22.8 Å². The minimum absolute atomic E-state index is 0.0737. The van der Waals surface area contributed by atoms with Crippen molar-refractivity contribution in [1.82, 2.24) is 5.43 Å². The number of hydrogen-bond acceptors (Lipinski definition) is 6. The Balaban J connectivity index is 1.37. The number of sulfonamides is 1. The fourth-order valence-electron chi connectivity index (χ4n) is 4.10. The van der Waals surface area contributed by atoms with Crippen molar-refractivity contribution in [3.05, 3.63) is 119 Å². The summed E-state index contributed by atoms with van der Waals surface area (Å²) in [5.74, 6) is -0.998. The van der Waals surface area contributed by atoms with E-state index in [9.17, 15) is 22.4 Å². The van der Waals surface area contributed by atoms with Gasteiger partial charge in [-0.25, -0.2) is 18.2 Å². The minimum atomic E-state index is -4.05. The number of nitrogens with zero attached hydrogens (tertiary/aromatic N) is 2. The number of carbonyl (C=O) groups is 2. The maximum absolute atomic E-state index is 13.6. The number of nitrogens with one attached hydrogen (secondary N) is 2. The second-order valence-electron chi connectivity index (χ2n) is 9.82. The van der Waals surface area contributed by atoms with Crippen molar-refractivity contribution in [3.63, 3.8) is 0 Å². The van der Waals surface area contributed by atoms with E-state index in [1.165, 1.54) is 42.6 Å². The van der Waals surface area contributed by atoms with Gasteiger partial charge < -0.3 is 10.1 Å². The molecular weight excluding hydrogens is 571 g/mol. The Kier molecular flexibility index (Phi) is 9.89. The molecular formula is C32H31FN4O5S. The highest BCUT2D eigenvalue weighted by molar-refractivity contribution is 7.92. The Hall–Kier alpha value is -5.03. The third-order valence-electron chi connectivity index (χ3n) is 6.30. The molecule has 222 valence electrons. The van der Waals surface area contributed by atoms with Crippen LogP contribution in [-0.4, -0.2) is 39.6 Å². The normalized spacial score (nSPS) is 11.3. The molecule has 0 heterocycles. The molecule has 0 aliphatic carbocycles. The molecule has 2 N–H and O–H groups in total. The third-order valence-corrected chi connectivity index (χ3v) is 8.07. The van der Waals surface area contributed by atoms with Gasteiger partial charge in [-0.15, -0.1) is 0 Å². The number of ether oxygens (including phenoxy) is 1. The summed E-state index contributed by atoms with van der Waals surface area (Å²) in [6, 6.07) is 23.8. The van der Waals surface area contributed by atoms with Gasteiger partial charge >= 0.3 is 0 Å². The van der Waals surface area contributed by atoms with Crippen molar-refractivity contribution in [2.24, 2.45) is 5.10 Å². The van der Waals surface area contributed by atoms with Crippen LogP contribution in [0.5, 0.6) is 5.75 Å². The Morgan fingerprint density at radius 1 is 0.860 bits per heavy atom. The van der Waals surface area contributed by atoms with Crippen LogP contribution in [0.2, 0.25) is 0 Å². The smallest absolute Gasteiger partial charge is 0.264 e. The van der Waals surface area contributed by atoms with E-state index in [1.54, 1.807) is 55.5 Å². The number of amides is 2. The largest absolute Gasteiger partial charge is 0.484 e. The maximum Gasteiger partial charge on any atom is 0.264 e. The lowest BCUT2D eigenvalue weighted by Gasteiger charge is -2.25. The first kappa shape index (κ1) is 30.9. The molecule has 0 spiro atoms. The summed E-state index contributed by atoms with van der Waals surface area (Å²) in [7, 11) is -4.05. The molecule has 0 saturated heterocycles. The average Bonchev–Trinajstić information content (AvgIpc) is 2.97. The van der Waals surface area contributed by atoms with Crippen molar-refractivity contribution in [3.8, 4) is 5.75 Å². The fraction of sp³-hybridized carbons (Fsp3) is 0.156. The van der Waals surface area contributed by atoms with Gasteiger partial charge in [-0.1, -0.05) is 35.4 Å². The third kappa shape index (κ3) is 8.49. The van der Waals surface area contributed by atoms with Crippen LogP contribution in [0.15, 0.2) is 101 Å². The van der Waals surface area contributed by atoms with Gasteiger partial charge in [0.25, 0.3) is 21.8 Å². The van der Waals surface area contributed by atoms with Crippen molar-refractivity contribution >= 4 is 39.4 Å². The predicted molar refractivity (Wildman–Crippen MR) is 164 cm³/mol. The van der Waals surface area contributed by atoms with Crippen LogP contribution >= 0.6 is 0 Å². The molecule has 4 aromatic carbocycles. The molecule has 0 bridgehead atoms. The van der Waals surface area contributed by atoms with E-state index in [1.807, 2.05) is 19.9 Å². The average molecular weight is 603 g/mol. The molecule has 0 saturated carbocycles. The number of hydrogen-bond donors (Lipinski definition) is 2. The molecule has 9 nitrogen and oxygen atoms in total. The van der Waals surface area contributed by atoms with Gasteiger partial charge in [0, 0.05) is 5.69 Å². The van der Waals surface area contributed by atoms with Crippen LogP contribution in [0, 0.1) is 26.6 Å². The second kappa shape index (κ2) is 13.8. The topological polar surface area (TPSA) is 117 Å². The van der Waals surface area contributed by atoms with Gasteiger partial charge in [-0.05, 0) is 98.6 Å². The number of halogens is 1. The SMILES string of the molecule is Cc1ccc(S(=O)(=O)N(CC(=O)N/N=C\c2ccc(OCC(=O)Nc3ccc(F)cc3)cc2)c2ccc(C)cc2C)cc1. The number of carbonyl (C=O) groups excluding carboxylic acids is 2. The zero-order chi connectivity index (χ0) is 31.0. The first-order valence-electron chi connectivity index (χ1n) is 13.3. The quantitative estimate of drug-likeness (QED) is 0.183. The van der Waals surface area contributed by atoms with E-state index >= 15 is 0 Å². The first-order chi connectivity index (χ1) is 20.5. The van der Waals surface area contributed by atoms with Crippen LogP contribution in [0.25, 0.3) is 0 Å². The molecule has 0 unspecified atom stereocenters. The van der Waals surface area contributed by atoms with Crippen LogP contribution in [0.1, 0.15) is 22.3 Å². The van der Waals surface area contributed by atoms with Gasteiger partial charge in [0.1, 0.15) is 18.1 Å². The van der Waals surface area contributed by atoms with Gasteiger partial charge in [-0.2, -0.15) is 5.10 Å². The standard InChI is InChI=1S/C32H31FN4O5S/c1-22-4-15-29(16-5-22)43(40,41)37(30-17-6-23(2)18-24(30)3)20-31(38)36-34-19-25-7-13-28(14-8-25)42-21-32(39)35-27-11-9-26(33)10-12-27/h4-19H,20-21H2,1-3H3,(H,35,39)(H,36,38)/b34-19-. The Labute approximate surface area is 250 Å². The zero-order valence-corrected chi connectivity index (χ0v) is 24.7. The summed E-state index contributed by atoms with van der Waals surface area (Å²) in [6.07, 6.45) is 1.40. The fourth-order valence-corrected chi connectivity index (χ4v) is 5.58.